The second-order valence-corrected chi connectivity index (χ2v) is 4.44. The third-order valence-corrected chi connectivity index (χ3v) is 3.29. The van der Waals surface area contributed by atoms with Gasteiger partial charge in [0, 0.05) is 17.6 Å². The number of aromatic nitrogens is 1. The van der Waals surface area contributed by atoms with Gasteiger partial charge in [0.25, 0.3) is 0 Å². The van der Waals surface area contributed by atoms with Crippen molar-refractivity contribution in [2.24, 2.45) is 0 Å². The largest absolute Gasteiger partial charge is 0.357 e. The Balaban J connectivity index is 1.93. The van der Waals surface area contributed by atoms with Crippen LogP contribution in [0.15, 0.2) is 36.5 Å². The van der Waals surface area contributed by atoms with E-state index in [9.17, 15) is 0 Å². The van der Waals surface area contributed by atoms with E-state index >= 15 is 0 Å². The molecule has 1 aromatic carbocycles. The molecule has 1 aromatic heterocycles. The van der Waals surface area contributed by atoms with Crippen LogP contribution in [0.25, 0.3) is 0 Å². The van der Waals surface area contributed by atoms with Gasteiger partial charge in [0.05, 0.1) is 0 Å². The molecule has 0 saturated heterocycles. The SMILES string of the molecule is CCc1cnc(NCc2ccccc2)s1. The molecule has 0 aliphatic carbocycles. The summed E-state index contributed by atoms with van der Waals surface area (Å²) < 4.78 is 0. The van der Waals surface area contributed by atoms with E-state index in [1.807, 2.05) is 12.3 Å². The van der Waals surface area contributed by atoms with Gasteiger partial charge in [-0.3, -0.25) is 0 Å². The fourth-order valence-corrected chi connectivity index (χ4v) is 2.07. The second-order valence-electron chi connectivity index (χ2n) is 3.32. The Morgan fingerprint density at radius 3 is 2.73 bits per heavy atom. The standard InChI is InChI=1S/C12H14N2S/c1-2-11-9-14-12(15-11)13-8-10-6-4-3-5-7-10/h3-7,9H,2,8H2,1H3,(H,13,14). The first kappa shape index (κ1) is 10.2. The Labute approximate surface area is 94.0 Å². The first-order valence-electron chi connectivity index (χ1n) is 5.11. The van der Waals surface area contributed by atoms with Crippen molar-refractivity contribution in [3.63, 3.8) is 0 Å². The molecule has 0 fully saturated rings. The maximum Gasteiger partial charge on any atom is 0.183 e. The highest BCUT2D eigenvalue weighted by Gasteiger charge is 1.99. The van der Waals surface area contributed by atoms with Crippen LogP contribution in [0.2, 0.25) is 0 Å². The number of nitrogens with one attached hydrogen (secondary N) is 1. The summed E-state index contributed by atoms with van der Waals surface area (Å²) in [7, 11) is 0. The van der Waals surface area contributed by atoms with Gasteiger partial charge in [0.15, 0.2) is 5.13 Å². The molecule has 0 atom stereocenters. The summed E-state index contributed by atoms with van der Waals surface area (Å²) >= 11 is 1.73. The van der Waals surface area contributed by atoms with Crippen molar-refractivity contribution in [1.82, 2.24) is 4.98 Å². The summed E-state index contributed by atoms with van der Waals surface area (Å²) in [6.07, 6.45) is 3.00. The number of aryl methyl sites for hydroxylation is 1. The predicted octanol–water partition coefficient (Wildman–Crippen LogP) is 3.32. The average molecular weight is 218 g/mol. The summed E-state index contributed by atoms with van der Waals surface area (Å²) in [4.78, 5) is 5.63. The van der Waals surface area contributed by atoms with E-state index in [1.165, 1.54) is 10.4 Å². The monoisotopic (exact) mass is 218 g/mol. The van der Waals surface area contributed by atoms with Crippen molar-refractivity contribution in [3.05, 3.63) is 47.0 Å². The number of benzene rings is 1. The lowest BCUT2D eigenvalue weighted by molar-refractivity contribution is 1.13. The van der Waals surface area contributed by atoms with E-state index in [0.717, 1.165) is 18.1 Å². The zero-order chi connectivity index (χ0) is 10.5. The minimum Gasteiger partial charge on any atom is -0.357 e. The number of thiazole rings is 1. The van der Waals surface area contributed by atoms with Gasteiger partial charge in [-0.2, -0.15) is 0 Å². The van der Waals surface area contributed by atoms with Gasteiger partial charge in [0.2, 0.25) is 0 Å². The molecule has 0 bridgehead atoms. The van der Waals surface area contributed by atoms with E-state index in [2.05, 4.69) is 41.5 Å². The summed E-state index contributed by atoms with van der Waals surface area (Å²) in [6.45, 7) is 2.99. The molecule has 0 radical (unpaired) electrons. The topological polar surface area (TPSA) is 24.9 Å². The smallest absolute Gasteiger partial charge is 0.183 e. The Morgan fingerprint density at radius 2 is 2.07 bits per heavy atom. The van der Waals surface area contributed by atoms with Crippen LogP contribution in [0.3, 0.4) is 0 Å². The van der Waals surface area contributed by atoms with Crippen LogP contribution >= 0.6 is 11.3 Å². The summed E-state index contributed by atoms with van der Waals surface area (Å²) in [5.41, 5.74) is 1.28. The van der Waals surface area contributed by atoms with E-state index in [-0.39, 0.29) is 0 Å². The molecular weight excluding hydrogens is 204 g/mol. The molecule has 0 unspecified atom stereocenters. The molecule has 1 N–H and O–H groups in total. The molecule has 0 spiro atoms. The molecule has 15 heavy (non-hydrogen) atoms. The van der Waals surface area contributed by atoms with Crippen LogP contribution in [0.1, 0.15) is 17.4 Å². The van der Waals surface area contributed by atoms with E-state index < -0.39 is 0 Å². The van der Waals surface area contributed by atoms with Crippen LogP contribution in [0.4, 0.5) is 5.13 Å². The molecule has 2 rings (SSSR count). The van der Waals surface area contributed by atoms with Crippen LogP contribution in [0.5, 0.6) is 0 Å². The highest BCUT2D eigenvalue weighted by Crippen LogP contribution is 2.18. The maximum absolute atomic E-state index is 4.31. The fourth-order valence-electron chi connectivity index (χ4n) is 1.33. The van der Waals surface area contributed by atoms with Crippen LogP contribution in [0, 0.1) is 0 Å². The highest BCUT2D eigenvalue weighted by atomic mass is 32.1. The molecule has 3 heteroatoms. The number of nitrogens with zero attached hydrogens (tertiary/aromatic N) is 1. The zero-order valence-electron chi connectivity index (χ0n) is 8.73. The van der Waals surface area contributed by atoms with E-state index in [4.69, 9.17) is 0 Å². The number of rotatable bonds is 4. The Hall–Kier alpha value is -1.35. The van der Waals surface area contributed by atoms with Gasteiger partial charge in [-0.15, -0.1) is 11.3 Å². The number of hydrogen-bond donors (Lipinski definition) is 1. The molecule has 0 saturated carbocycles. The third-order valence-electron chi connectivity index (χ3n) is 2.19. The van der Waals surface area contributed by atoms with Gasteiger partial charge in [0.1, 0.15) is 0 Å². The van der Waals surface area contributed by atoms with E-state index in [1.54, 1.807) is 11.3 Å². The third kappa shape index (κ3) is 2.80. The Kier molecular flexibility index (Phi) is 3.35. The maximum atomic E-state index is 4.31. The van der Waals surface area contributed by atoms with Gasteiger partial charge in [-0.1, -0.05) is 37.3 Å². The second kappa shape index (κ2) is 4.94. The van der Waals surface area contributed by atoms with Crippen LogP contribution in [-0.2, 0) is 13.0 Å². The summed E-state index contributed by atoms with van der Waals surface area (Å²) in [6, 6.07) is 10.4. The fraction of sp³-hybridized carbons (Fsp3) is 0.250. The van der Waals surface area contributed by atoms with Crippen molar-refractivity contribution >= 4 is 16.5 Å². The first-order chi connectivity index (χ1) is 7.38. The molecule has 2 nitrogen and oxygen atoms in total. The lowest BCUT2D eigenvalue weighted by atomic mass is 10.2. The average Bonchev–Trinajstić information content (AvgIpc) is 2.76. The minimum atomic E-state index is 0.845. The molecule has 0 amide bonds. The Morgan fingerprint density at radius 1 is 1.27 bits per heavy atom. The van der Waals surface area contributed by atoms with Crippen molar-refractivity contribution in [1.29, 1.82) is 0 Å². The molecule has 1 heterocycles. The van der Waals surface area contributed by atoms with Crippen molar-refractivity contribution in [2.75, 3.05) is 5.32 Å². The lowest BCUT2D eigenvalue weighted by Crippen LogP contribution is -1.97. The van der Waals surface area contributed by atoms with Crippen molar-refractivity contribution < 1.29 is 0 Å². The zero-order valence-corrected chi connectivity index (χ0v) is 9.55. The van der Waals surface area contributed by atoms with Gasteiger partial charge < -0.3 is 5.32 Å². The molecule has 0 aliphatic rings. The number of hydrogen-bond acceptors (Lipinski definition) is 3. The van der Waals surface area contributed by atoms with Crippen molar-refractivity contribution in [3.8, 4) is 0 Å². The van der Waals surface area contributed by atoms with Gasteiger partial charge in [-0.25, -0.2) is 4.98 Å². The van der Waals surface area contributed by atoms with Gasteiger partial charge >= 0.3 is 0 Å². The lowest BCUT2D eigenvalue weighted by Gasteiger charge is -2.01. The number of anilines is 1. The summed E-state index contributed by atoms with van der Waals surface area (Å²) in [5.74, 6) is 0. The van der Waals surface area contributed by atoms with Crippen molar-refractivity contribution in [2.45, 2.75) is 19.9 Å². The predicted molar refractivity (Wildman–Crippen MR) is 65.3 cm³/mol. The quantitative estimate of drug-likeness (QED) is 0.851. The minimum absolute atomic E-state index is 0.845. The highest BCUT2D eigenvalue weighted by molar-refractivity contribution is 7.15. The molecular formula is C12H14N2S. The first-order valence-corrected chi connectivity index (χ1v) is 5.92. The van der Waals surface area contributed by atoms with Crippen LogP contribution < -0.4 is 5.32 Å². The summed E-state index contributed by atoms with van der Waals surface area (Å²) in [5, 5.41) is 4.33. The van der Waals surface area contributed by atoms with Gasteiger partial charge in [-0.05, 0) is 12.0 Å². The normalized spacial score (nSPS) is 10.2. The molecule has 78 valence electrons. The van der Waals surface area contributed by atoms with Crippen LogP contribution in [-0.4, -0.2) is 4.98 Å². The van der Waals surface area contributed by atoms with E-state index in [0.29, 0.717) is 0 Å². The molecule has 2 aromatic rings. The molecule has 0 aliphatic heterocycles. The Bertz CT molecular complexity index is 409.